The predicted molar refractivity (Wildman–Crippen MR) is 110 cm³/mol. The molecule has 3 rings (SSSR count). The van der Waals surface area contributed by atoms with Crippen molar-refractivity contribution in [2.75, 3.05) is 24.5 Å². The molecule has 0 spiro atoms. The van der Waals surface area contributed by atoms with Crippen molar-refractivity contribution in [3.05, 3.63) is 58.6 Å². The summed E-state index contributed by atoms with van der Waals surface area (Å²) in [4.78, 5) is 12.5. The van der Waals surface area contributed by atoms with Gasteiger partial charge in [-0.25, -0.2) is 8.42 Å². The first-order valence-corrected chi connectivity index (χ1v) is 10.9. The number of rotatable bonds is 6. The maximum absolute atomic E-state index is 12.9. The van der Waals surface area contributed by atoms with Gasteiger partial charge in [0.1, 0.15) is 0 Å². The number of ether oxygens (including phenoxy) is 1. The first-order chi connectivity index (χ1) is 13.3. The number of benzene rings is 2. The predicted octanol–water partition coefficient (Wildman–Crippen LogP) is 3.38. The number of anilines is 1. The highest BCUT2D eigenvalue weighted by Crippen LogP contribution is 2.27. The van der Waals surface area contributed by atoms with E-state index in [0.29, 0.717) is 28.4 Å². The molecule has 28 heavy (non-hydrogen) atoms. The lowest BCUT2D eigenvalue weighted by molar-refractivity contribution is 0.0857. The summed E-state index contributed by atoms with van der Waals surface area (Å²) in [5.41, 5.74) is 1.67. The van der Waals surface area contributed by atoms with E-state index in [4.69, 9.17) is 16.3 Å². The standard InChI is InChI=1S/C20H23ClN2O4S/c1-14-12-15(20(24)22-13-17-4-3-11-27-17)5-10-19(14)23(2)28(25,26)18-8-6-16(21)7-9-18/h5-10,12,17H,3-4,11,13H2,1-2H3,(H,22,24)/t17-/m0/s1. The summed E-state index contributed by atoms with van der Waals surface area (Å²) in [7, 11) is -2.24. The van der Waals surface area contributed by atoms with Crippen LogP contribution in [0.2, 0.25) is 5.02 Å². The molecule has 1 fully saturated rings. The Hall–Kier alpha value is -2.09. The summed E-state index contributed by atoms with van der Waals surface area (Å²) in [5, 5.41) is 3.34. The Labute approximate surface area is 170 Å². The molecule has 1 heterocycles. The first kappa shape index (κ1) is 20.6. The minimum Gasteiger partial charge on any atom is -0.376 e. The van der Waals surface area contributed by atoms with Crippen molar-refractivity contribution in [3.63, 3.8) is 0 Å². The Balaban J connectivity index is 1.75. The van der Waals surface area contributed by atoms with Gasteiger partial charge in [0.15, 0.2) is 0 Å². The van der Waals surface area contributed by atoms with Crippen LogP contribution in [-0.2, 0) is 14.8 Å². The van der Waals surface area contributed by atoms with Crippen molar-refractivity contribution in [1.29, 1.82) is 0 Å². The third-order valence-electron chi connectivity index (χ3n) is 4.78. The van der Waals surface area contributed by atoms with Crippen molar-refractivity contribution in [2.45, 2.75) is 30.8 Å². The maximum Gasteiger partial charge on any atom is 0.264 e. The van der Waals surface area contributed by atoms with Gasteiger partial charge in [0.2, 0.25) is 0 Å². The average molecular weight is 423 g/mol. The largest absolute Gasteiger partial charge is 0.376 e. The lowest BCUT2D eigenvalue weighted by Gasteiger charge is -2.22. The number of carbonyl (C=O) groups is 1. The van der Waals surface area contributed by atoms with E-state index in [1.165, 1.54) is 35.6 Å². The summed E-state index contributed by atoms with van der Waals surface area (Å²) < 4.78 is 32.4. The molecular formula is C20H23ClN2O4S. The zero-order chi connectivity index (χ0) is 20.3. The fourth-order valence-corrected chi connectivity index (χ4v) is 4.54. The lowest BCUT2D eigenvalue weighted by atomic mass is 10.1. The summed E-state index contributed by atoms with van der Waals surface area (Å²) in [5.74, 6) is -0.201. The first-order valence-electron chi connectivity index (χ1n) is 9.04. The van der Waals surface area contributed by atoms with E-state index in [2.05, 4.69) is 5.32 Å². The van der Waals surface area contributed by atoms with Crippen molar-refractivity contribution in [2.24, 2.45) is 0 Å². The number of nitrogens with zero attached hydrogens (tertiary/aromatic N) is 1. The molecule has 8 heteroatoms. The maximum atomic E-state index is 12.9. The molecule has 1 saturated heterocycles. The van der Waals surface area contributed by atoms with Crippen LogP contribution in [0.25, 0.3) is 0 Å². The van der Waals surface area contributed by atoms with Crippen LogP contribution in [0.5, 0.6) is 0 Å². The van der Waals surface area contributed by atoms with Crippen molar-refractivity contribution in [1.82, 2.24) is 5.32 Å². The van der Waals surface area contributed by atoms with E-state index < -0.39 is 10.0 Å². The molecule has 6 nitrogen and oxygen atoms in total. The van der Waals surface area contributed by atoms with Gasteiger partial charge in [-0.2, -0.15) is 0 Å². The molecule has 1 atom stereocenters. The van der Waals surface area contributed by atoms with Crippen molar-refractivity contribution >= 4 is 33.2 Å². The van der Waals surface area contributed by atoms with E-state index in [0.717, 1.165) is 19.4 Å². The summed E-state index contributed by atoms with van der Waals surface area (Å²) >= 11 is 5.84. The van der Waals surface area contributed by atoms with Gasteiger partial charge in [0.05, 0.1) is 16.7 Å². The Morgan fingerprint density at radius 3 is 2.57 bits per heavy atom. The molecule has 1 aliphatic heterocycles. The molecule has 1 N–H and O–H groups in total. The Kier molecular flexibility index (Phi) is 6.27. The zero-order valence-corrected chi connectivity index (χ0v) is 17.4. The van der Waals surface area contributed by atoms with E-state index in [-0.39, 0.29) is 16.9 Å². The highest BCUT2D eigenvalue weighted by Gasteiger charge is 2.23. The van der Waals surface area contributed by atoms with E-state index in [1.54, 1.807) is 25.1 Å². The summed E-state index contributed by atoms with van der Waals surface area (Å²) in [6.07, 6.45) is 2.04. The molecule has 0 bridgehead atoms. The smallest absolute Gasteiger partial charge is 0.264 e. The molecule has 0 saturated carbocycles. The highest BCUT2D eigenvalue weighted by atomic mass is 35.5. The van der Waals surface area contributed by atoms with Crippen LogP contribution >= 0.6 is 11.6 Å². The molecule has 2 aromatic carbocycles. The molecule has 0 aromatic heterocycles. The Morgan fingerprint density at radius 2 is 1.96 bits per heavy atom. The van der Waals surface area contributed by atoms with Crippen molar-refractivity contribution < 1.29 is 17.9 Å². The quantitative estimate of drug-likeness (QED) is 0.774. The molecule has 1 amide bonds. The second-order valence-electron chi connectivity index (χ2n) is 6.77. The van der Waals surface area contributed by atoms with Crippen LogP contribution < -0.4 is 9.62 Å². The lowest BCUT2D eigenvalue weighted by Crippen LogP contribution is -2.32. The molecule has 2 aromatic rings. The van der Waals surface area contributed by atoms with Gasteiger partial charge in [-0.05, 0) is 67.8 Å². The van der Waals surface area contributed by atoms with Crippen LogP contribution in [-0.4, -0.2) is 40.6 Å². The number of halogens is 1. The normalized spacial score (nSPS) is 16.8. The molecule has 0 radical (unpaired) electrons. The van der Waals surface area contributed by atoms with Gasteiger partial charge in [-0.15, -0.1) is 0 Å². The number of hydrogen-bond donors (Lipinski definition) is 1. The van der Waals surface area contributed by atoms with Gasteiger partial charge >= 0.3 is 0 Å². The minimum absolute atomic E-state index is 0.0694. The van der Waals surface area contributed by atoms with Crippen LogP contribution in [0.15, 0.2) is 47.4 Å². The number of hydrogen-bond acceptors (Lipinski definition) is 4. The third kappa shape index (κ3) is 4.48. The van der Waals surface area contributed by atoms with E-state index in [9.17, 15) is 13.2 Å². The number of nitrogens with one attached hydrogen (secondary N) is 1. The zero-order valence-electron chi connectivity index (χ0n) is 15.8. The van der Waals surface area contributed by atoms with E-state index >= 15 is 0 Å². The molecule has 1 aliphatic rings. The number of carbonyl (C=O) groups excluding carboxylic acids is 1. The fraction of sp³-hybridized carbons (Fsp3) is 0.350. The number of amides is 1. The Bertz CT molecular complexity index is 955. The van der Waals surface area contributed by atoms with Gasteiger partial charge < -0.3 is 10.1 Å². The minimum atomic E-state index is -3.73. The van der Waals surface area contributed by atoms with Gasteiger partial charge in [-0.1, -0.05) is 11.6 Å². The van der Waals surface area contributed by atoms with Crippen LogP contribution in [0.1, 0.15) is 28.8 Å². The third-order valence-corrected chi connectivity index (χ3v) is 6.82. The average Bonchev–Trinajstić information content (AvgIpc) is 3.19. The molecule has 0 aliphatic carbocycles. The summed E-state index contributed by atoms with van der Waals surface area (Å²) in [6.45, 7) is 2.99. The number of sulfonamides is 1. The van der Waals surface area contributed by atoms with Gasteiger partial charge in [-0.3, -0.25) is 9.10 Å². The number of aryl methyl sites for hydroxylation is 1. The van der Waals surface area contributed by atoms with Crippen LogP contribution in [0.3, 0.4) is 0 Å². The highest BCUT2D eigenvalue weighted by molar-refractivity contribution is 7.92. The second kappa shape index (κ2) is 8.51. The van der Waals surface area contributed by atoms with Gasteiger partial charge in [0.25, 0.3) is 15.9 Å². The van der Waals surface area contributed by atoms with E-state index in [1.807, 2.05) is 0 Å². The SMILES string of the molecule is Cc1cc(C(=O)NC[C@@H]2CCCO2)ccc1N(C)S(=O)(=O)c1ccc(Cl)cc1. The Morgan fingerprint density at radius 1 is 1.25 bits per heavy atom. The van der Waals surface area contributed by atoms with Gasteiger partial charge in [0, 0.05) is 30.8 Å². The topological polar surface area (TPSA) is 75.7 Å². The fourth-order valence-electron chi connectivity index (χ4n) is 3.16. The van der Waals surface area contributed by atoms with Crippen molar-refractivity contribution in [3.8, 4) is 0 Å². The summed E-state index contributed by atoms with van der Waals surface area (Å²) in [6, 6.07) is 11.0. The molecular weight excluding hydrogens is 400 g/mol. The molecule has 150 valence electrons. The van der Waals surface area contributed by atoms with Crippen LogP contribution in [0.4, 0.5) is 5.69 Å². The molecule has 0 unspecified atom stereocenters. The van der Waals surface area contributed by atoms with Crippen LogP contribution in [0, 0.1) is 6.92 Å². The monoisotopic (exact) mass is 422 g/mol. The second-order valence-corrected chi connectivity index (χ2v) is 9.18.